The Hall–Kier alpha value is -2.14. The quantitative estimate of drug-likeness (QED) is 0.921. The van der Waals surface area contributed by atoms with Gasteiger partial charge in [0.1, 0.15) is 0 Å². The number of carbonyl (C=O) groups excluding carboxylic acids is 1. The number of benzene rings is 2. The monoisotopic (exact) mass is 317 g/mol. The zero-order valence-corrected chi connectivity index (χ0v) is 13.5. The average Bonchev–Trinajstić information content (AvgIpc) is 2.50. The van der Waals surface area contributed by atoms with Crippen molar-refractivity contribution in [1.29, 1.82) is 0 Å². The van der Waals surface area contributed by atoms with Crippen LogP contribution in [0, 0.1) is 13.8 Å². The van der Waals surface area contributed by atoms with Crippen molar-refractivity contribution in [1.82, 2.24) is 5.32 Å². The van der Waals surface area contributed by atoms with Crippen molar-refractivity contribution in [2.75, 3.05) is 12.3 Å². The first-order valence-corrected chi connectivity index (χ1v) is 8.68. The number of sulfone groups is 1. The Balaban J connectivity index is 1.96. The standard InChI is InChI=1S/C17H19NO3S/c1-13-8-9-15(12-14(13)2)17(19)18-10-11-22(20,21)16-6-4-3-5-7-16/h3-9,12H,10-11H2,1-2H3,(H,18,19). The Bertz CT molecular complexity index is 768. The van der Waals surface area contributed by atoms with Crippen molar-refractivity contribution < 1.29 is 13.2 Å². The van der Waals surface area contributed by atoms with Crippen LogP contribution in [0.25, 0.3) is 0 Å². The van der Waals surface area contributed by atoms with E-state index in [2.05, 4.69) is 5.32 Å². The summed E-state index contributed by atoms with van der Waals surface area (Å²) in [4.78, 5) is 12.3. The van der Waals surface area contributed by atoms with Gasteiger partial charge in [-0.25, -0.2) is 8.42 Å². The fourth-order valence-corrected chi connectivity index (χ4v) is 3.21. The van der Waals surface area contributed by atoms with E-state index in [4.69, 9.17) is 0 Å². The van der Waals surface area contributed by atoms with Gasteiger partial charge in [-0.1, -0.05) is 24.3 Å². The van der Waals surface area contributed by atoms with Gasteiger partial charge in [0, 0.05) is 12.1 Å². The zero-order chi connectivity index (χ0) is 16.2. The maximum Gasteiger partial charge on any atom is 0.251 e. The van der Waals surface area contributed by atoms with Gasteiger partial charge < -0.3 is 5.32 Å². The Kier molecular flexibility index (Phi) is 4.98. The lowest BCUT2D eigenvalue weighted by molar-refractivity contribution is 0.0956. The summed E-state index contributed by atoms with van der Waals surface area (Å²) >= 11 is 0. The van der Waals surface area contributed by atoms with Crippen LogP contribution in [0.2, 0.25) is 0 Å². The first kappa shape index (κ1) is 16.2. The molecular formula is C17H19NO3S. The highest BCUT2D eigenvalue weighted by Gasteiger charge is 2.14. The van der Waals surface area contributed by atoms with Crippen LogP contribution in [0.3, 0.4) is 0 Å². The molecule has 22 heavy (non-hydrogen) atoms. The van der Waals surface area contributed by atoms with Gasteiger partial charge in [-0.05, 0) is 49.2 Å². The molecule has 0 saturated heterocycles. The highest BCUT2D eigenvalue weighted by Crippen LogP contribution is 2.11. The maximum atomic E-state index is 12.1. The first-order valence-electron chi connectivity index (χ1n) is 7.03. The number of carbonyl (C=O) groups is 1. The fraction of sp³-hybridized carbons (Fsp3) is 0.235. The third kappa shape index (κ3) is 3.95. The molecule has 1 N–H and O–H groups in total. The highest BCUT2D eigenvalue weighted by molar-refractivity contribution is 7.91. The largest absolute Gasteiger partial charge is 0.351 e. The summed E-state index contributed by atoms with van der Waals surface area (Å²) in [5, 5.41) is 2.65. The van der Waals surface area contributed by atoms with Crippen LogP contribution in [0.1, 0.15) is 21.5 Å². The predicted octanol–water partition coefficient (Wildman–Crippen LogP) is 2.51. The minimum absolute atomic E-state index is 0.0863. The lowest BCUT2D eigenvalue weighted by atomic mass is 10.1. The van der Waals surface area contributed by atoms with Gasteiger partial charge in [-0.3, -0.25) is 4.79 Å². The van der Waals surface area contributed by atoms with Crippen LogP contribution < -0.4 is 5.32 Å². The van der Waals surface area contributed by atoms with Crippen molar-refractivity contribution >= 4 is 15.7 Å². The van der Waals surface area contributed by atoms with Crippen molar-refractivity contribution in [3.05, 3.63) is 65.2 Å². The minimum Gasteiger partial charge on any atom is -0.351 e. The van der Waals surface area contributed by atoms with E-state index in [1.807, 2.05) is 19.9 Å². The normalized spacial score (nSPS) is 11.2. The van der Waals surface area contributed by atoms with Gasteiger partial charge in [-0.15, -0.1) is 0 Å². The number of hydrogen-bond acceptors (Lipinski definition) is 3. The molecule has 1 amide bonds. The lowest BCUT2D eigenvalue weighted by Crippen LogP contribution is -2.29. The summed E-state index contributed by atoms with van der Waals surface area (Å²) < 4.78 is 24.2. The summed E-state index contributed by atoms with van der Waals surface area (Å²) in [6.07, 6.45) is 0. The fourth-order valence-electron chi connectivity index (χ4n) is 2.03. The van der Waals surface area contributed by atoms with Gasteiger partial charge in [0.05, 0.1) is 10.6 Å². The van der Waals surface area contributed by atoms with Crippen LogP contribution in [-0.4, -0.2) is 26.6 Å². The van der Waals surface area contributed by atoms with Crippen molar-refractivity contribution in [2.45, 2.75) is 18.7 Å². The second kappa shape index (κ2) is 6.75. The van der Waals surface area contributed by atoms with Crippen molar-refractivity contribution in [2.24, 2.45) is 0 Å². The second-order valence-corrected chi connectivity index (χ2v) is 7.30. The van der Waals surface area contributed by atoms with Gasteiger partial charge in [0.2, 0.25) is 0 Å². The molecule has 5 heteroatoms. The number of rotatable bonds is 5. The Labute approximate surface area is 131 Å². The molecule has 2 rings (SSSR count). The Morgan fingerprint density at radius 2 is 1.68 bits per heavy atom. The van der Waals surface area contributed by atoms with Gasteiger partial charge >= 0.3 is 0 Å². The first-order chi connectivity index (χ1) is 10.4. The average molecular weight is 317 g/mol. The molecule has 0 bridgehead atoms. The smallest absolute Gasteiger partial charge is 0.251 e. The van der Waals surface area contributed by atoms with E-state index in [-0.39, 0.29) is 23.1 Å². The lowest BCUT2D eigenvalue weighted by Gasteiger charge is -2.08. The van der Waals surface area contributed by atoms with E-state index in [1.165, 1.54) is 0 Å². The molecule has 0 aromatic heterocycles. The van der Waals surface area contributed by atoms with Crippen LogP contribution in [-0.2, 0) is 9.84 Å². The molecule has 2 aromatic rings. The summed E-state index contributed by atoms with van der Waals surface area (Å²) in [7, 11) is -3.37. The number of hydrogen-bond donors (Lipinski definition) is 1. The van der Waals surface area contributed by atoms with Gasteiger partial charge in [0.15, 0.2) is 9.84 Å². The van der Waals surface area contributed by atoms with Crippen LogP contribution >= 0.6 is 0 Å². The summed E-state index contributed by atoms with van der Waals surface area (Å²) in [5.74, 6) is -0.375. The molecule has 0 radical (unpaired) electrons. The molecule has 0 aliphatic heterocycles. The van der Waals surface area contributed by atoms with Crippen molar-refractivity contribution in [3.63, 3.8) is 0 Å². The third-order valence-corrected chi connectivity index (χ3v) is 5.26. The number of amides is 1. The zero-order valence-electron chi connectivity index (χ0n) is 12.7. The van der Waals surface area contributed by atoms with E-state index in [0.29, 0.717) is 5.56 Å². The van der Waals surface area contributed by atoms with E-state index >= 15 is 0 Å². The SMILES string of the molecule is Cc1ccc(C(=O)NCCS(=O)(=O)c2ccccc2)cc1C. The van der Waals surface area contributed by atoms with E-state index < -0.39 is 9.84 Å². The van der Waals surface area contributed by atoms with Gasteiger partial charge in [-0.2, -0.15) is 0 Å². The molecular weight excluding hydrogens is 298 g/mol. The highest BCUT2D eigenvalue weighted by atomic mass is 32.2. The van der Waals surface area contributed by atoms with Crippen molar-refractivity contribution in [3.8, 4) is 0 Å². The van der Waals surface area contributed by atoms with E-state index in [1.54, 1.807) is 42.5 Å². The molecule has 0 spiro atoms. The molecule has 0 aliphatic carbocycles. The predicted molar refractivity (Wildman–Crippen MR) is 86.7 cm³/mol. The third-order valence-electron chi connectivity index (χ3n) is 3.53. The summed E-state index contributed by atoms with van der Waals surface area (Å²) in [6, 6.07) is 13.7. The summed E-state index contributed by atoms with van der Waals surface area (Å²) in [5.41, 5.74) is 2.69. The molecule has 0 atom stereocenters. The van der Waals surface area contributed by atoms with Crippen LogP contribution in [0.5, 0.6) is 0 Å². The van der Waals surface area contributed by atoms with Crippen LogP contribution in [0.15, 0.2) is 53.4 Å². The maximum absolute atomic E-state index is 12.1. The molecule has 0 unspecified atom stereocenters. The van der Waals surface area contributed by atoms with E-state index in [0.717, 1.165) is 11.1 Å². The molecule has 4 nitrogen and oxygen atoms in total. The van der Waals surface area contributed by atoms with E-state index in [9.17, 15) is 13.2 Å². The molecule has 2 aromatic carbocycles. The second-order valence-electron chi connectivity index (χ2n) is 5.19. The van der Waals surface area contributed by atoms with Gasteiger partial charge in [0.25, 0.3) is 5.91 Å². The molecule has 116 valence electrons. The molecule has 0 heterocycles. The minimum atomic E-state index is -3.37. The topological polar surface area (TPSA) is 63.2 Å². The molecule has 0 saturated carbocycles. The Morgan fingerprint density at radius 1 is 1.00 bits per heavy atom. The Morgan fingerprint density at radius 3 is 2.32 bits per heavy atom. The number of nitrogens with one attached hydrogen (secondary N) is 1. The molecule has 0 fully saturated rings. The number of aryl methyl sites for hydroxylation is 2. The summed E-state index contributed by atoms with van der Waals surface area (Å²) in [6.45, 7) is 4.00. The van der Waals surface area contributed by atoms with Crippen LogP contribution in [0.4, 0.5) is 0 Å². The molecule has 0 aliphatic rings.